The molecule has 0 spiro atoms. The number of pyridine rings is 1. The highest BCUT2D eigenvalue weighted by Crippen LogP contribution is 2.40. The van der Waals surface area contributed by atoms with Gasteiger partial charge >= 0.3 is 5.97 Å². The van der Waals surface area contributed by atoms with E-state index in [1.165, 1.54) is 29.1 Å². The summed E-state index contributed by atoms with van der Waals surface area (Å²) in [7, 11) is 1.68. The third-order valence-corrected chi connectivity index (χ3v) is 7.83. The van der Waals surface area contributed by atoms with Gasteiger partial charge in [0.1, 0.15) is 30.1 Å². The van der Waals surface area contributed by atoms with Crippen molar-refractivity contribution in [1.29, 1.82) is 0 Å². The zero-order valence-electron chi connectivity index (χ0n) is 23.6. The fourth-order valence-electron chi connectivity index (χ4n) is 6.02. The van der Waals surface area contributed by atoms with Crippen molar-refractivity contribution in [2.45, 2.75) is 46.8 Å². The topological polar surface area (TPSA) is 111 Å². The highest BCUT2D eigenvalue weighted by molar-refractivity contribution is 6.07. The lowest BCUT2D eigenvalue weighted by Gasteiger charge is -2.32. The molecular formula is C31H32N6O4. The summed E-state index contributed by atoms with van der Waals surface area (Å²) in [5.41, 5.74) is 6.37. The number of nitrogens with one attached hydrogen (secondary N) is 1. The number of fused-ring (bicyclic) bond motifs is 3. The van der Waals surface area contributed by atoms with Crippen LogP contribution >= 0.6 is 0 Å². The Bertz CT molecular complexity index is 1740. The van der Waals surface area contributed by atoms with Gasteiger partial charge in [0.25, 0.3) is 11.5 Å². The average molecular weight is 553 g/mol. The van der Waals surface area contributed by atoms with Crippen LogP contribution in [-0.4, -0.2) is 37.5 Å². The molecule has 4 aromatic rings. The van der Waals surface area contributed by atoms with Crippen LogP contribution in [0, 0.1) is 5.41 Å². The van der Waals surface area contributed by atoms with Crippen molar-refractivity contribution in [2.24, 2.45) is 12.5 Å². The standard InChI is InChI=1S/C31H32N6O4/c1-19(38)41-17-23-22(21-12-24(29(39)35(4)16-21)34-28-8-9-32-18-33-28)6-5-7-25(23)37-11-10-36-26(30(37)40)13-20-14-31(2,3)15-27(20)36/h5-9,12-13,16,18H,10-11,14-15,17H2,1-4H3,(H,32,33,34). The van der Waals surface area contributed by atoms with Crippen molar-refractivity contribution < 1.29 is 14.3 Å². The van der Waals surface area contributed by atoms with Crippen LogP contribution in [0.25, 0.3) is 11.1 Å². The molecule has 0 fully saturated rings. The quantitative estimate of drug-likeness (QED) is 0.356. The Kier molecular flexibility index (Phi) is 6.48. The number of aryl methyl sites for hydroxylation is 1. The number of ether oxygens (including phenoxy) is 1. The highest BCUT2D eigenvalue weighted by atomic mass is 16.5. The smallest absolute Gasteiger partial charge is 0.302 e. The zero-order chi connectivity index (χ0) is 28.9. The molecule has 0 unspecified atom stereocenters. The largest absolute Gasteiger partial charge is 0.461 e. The second kappa shape index (κ2) is 10.0. The van der Waals surface area contributed by atoms with Crippen LogP contribution in [-0.2, 0) is 42.6 Å². The number of rotatable bonds is 6. The lowest BCUT2D eigenvalue weighted by molar-refractivity contribution is -0.142. The Morgan fingerprint density at radius 2 is 1.95 bits per heavy atom. The molecule has 1 aliphatic heterocycles. The number of amides is 1. The zero-order valence-corrected chi connectivity index (χ0v) is 23.6. The average Bonchev–Trinajstić information content (AvgIpc) is 3.43. The monoisotopic (exact) mass is 552 g/mol. The molecule has 2 aliphatic rings. The van der Waals surface area contributed by atoms with E-state index < -0.39 is 5.97 Å². The molecular weight excluding hydrogens is 520 g/mol. The Hall–Kier alpha value is -4.73. The predicted molar refractivity (Wildman–Crippen MR) is 155 cm³/mol. The normalized spacial score (nSPS) is 15.4. The second-order valence-corrected chi connectivity index (χ2v) is 11.5. The van der Waals surface area contributed by atoms with Crippen LogP contribution in [0.5, 0.6) is 0 Å². The molecule has 1 N–H and O–H groups in total. The minimum absolute atomic E-state index is 0.0200. The van der Waals surface area contributed by atoms with Crippen molar-refractivity contribution in [1.82, 2.24) is 19.1 Å². The minimum atomic E-state index is -0.421. The van der Waals surface area contributed by atoms with Gasteiger partial charge in [0.2, 0.25) is 0 Å². The van der Waals surface area contributed by atoms with Gasteiger partial charge in [-0.1, -0.05) is 26.0 Å². The van der Waals surface area contributed by atoms with Crippen LogP contribution in [0.1, 0.15) is 48.1 Å². The maximum atomic E-state index is 13.9. The summed E-state index contributed by atoms with van der Waals surface area (Å²) >= 11 is 0. The molecule has 41 heavy (non-hydrogen) atoms. The molecule has 1 aromatic carbocycles. The van der Waals surface area contributed by atoms with Gasteiger partial charge in [0.05, 0.1) is 5.69 Å². The fourth-order valence-corrected chi connectivity index (χ4v) is 6.02. The van der Waals surface area contributed by atoms with Crippen LogP contribution < -0.4 is 15.8 Å². The van der Waals surface area contributed by atoms with Crippen molar-refractivity contribution in [3.05, 3.63) is 88.0 Å². The predicted octanol–water partition coefficient (Wildman–Crippen LogP) is 4.24. The van der Waals surface area contributed by atoms with Crippen LogP contribution in [0.4, 0.5) is 17.2 Å². The van der Waals surface area contributed by atoms with Crippen LogP contribution in [0.2, 0.25) is 0 Å². The lowest BCUT2D eigenvalue weighted by Crippen LogP contribution is -2.41. The van der Waals surface area contributed by atoms with Crippen LogP contribution in [0.15, 0.2) is 59.9 Å². The molecule has 3 aromatic heterocycles. The van der Waals surface area contributed by atoms with Crippen LogP contribution in [0.3, 0.4) is 0 Å². The Morgan fingerprint density at radius 1 is 1.12 bits per heavy atom. The van der Waals surface area contributed by atoms with E-state index in [2.05, 4.69) is 33.7 Å². The first-order valence-electron chi connectivity index (χ1n) is 13.6. The van der Waals surface area contributed by atoms with Crippen molar-refractivity contribution in [2.75, 3.05) is 16.8 Å². The maximum absolute atomic E-state index is 13.9. The lowest BCUT2D eigenvalue weighted by atomic mass is 9.90. The molecule has 0 saturated heterocycles. The van der Waals surface area contributed by atoms with Gasteiger partial charge in [-0.15, -0.1) is 0 Å². The number of anilines is 3. The molecule has 0 saturated carbocycles. The molecule has 0 atom stereocenters. The van der Waals surface area contributed by atoms with Gasteiger partial charge in [-0.05, 0) is 53.6 Å². The number of carbonyl (C=O) groups is 2. The van der Waals surface area contributed by atoms with E-state index >= 15 is 0 Å². The number of benzene rings is 1. The molecule has 210 valence electrons. The molecule has 1 amide bonds. The Labute approximate surface area is 237 Å². The number of hydrogen-bond acceptors (Lipinski definition) is 7. The number of nitrogens with zero attached hydrogens (tertiary/aromatic N) is 5. The number of esters is 1. The van der Waals surface area contributed by atoms with Gasteiger partial charge in [0, 0.05) is 56.3 Å². The summed E-state index contributed by atoms with van der Waals surface area (Å²) in [5.74, 6) is -0.00758. The fraction of sp³-hybridized carbons (Fsp3) is 0.323. The van der Waals surface area contributed by atoms with E-state index in [0.29, 0.717) is 41.5 Å². The van der Waals surface area contributed by atoms with E-state index in [4.69, 9.17) is 4.74 Å². The van der Waals surface area contributed by atoms with E-state index in [9.17, 15) is 14.4 Å². The maximum Gasteiger partial charge on any atom is 0.302 e. The van der Waals surface area contributed by atoms with E-state index in [1.54, 1.807) is 36.5 Å². The van der Waals surface area contributed by atoms with Gasteiger partial charge in [0.15, 0.2) is 0 Å². The number of carbonyl (C=O) groups excluding carboxylic acids is 2. The third kappa shape index (κ3) is 4.90. The Balaban J connectivity index is 1.42. The summed E-state index contributed by atoms with van der Waals surface area (Å²) in [4.78, 5) is 48.6. The molecule has 1 aliphatic carbocycles. The molecule has 4 heterocycles. The first kappa shape index (κ1) is 26.5. The van der Waals surface area contributed by atoms with Gasteiger partial charge in [-0.3, -0.25) is 14.4 Å². The summed E-state index contributed by atoms with van der Waals surface area (Å²) in [5, 5.41) is 3.08. The summed E-state index contributed by atoms with van der Waals surface area (Å²) in [6, 6.07) is 11.1. The van der Waals surface area contributed by atoms with E-state index in [-0.39, 0.29) is 23.5 Å². The second-order valence-electron chi connectivity index (χ2n) is 11.5. The van der Waals surface area contributed by atoms with Gasteiger partial charge < -0.3 is 24.1 Å². The first-order valence-corrected chi connectivity index (χ1v) is 13.6. The molecule has 6 rings (SSSR count). The number of hydrogen-bond donors (Lipinski definition) is 1. The highest BCUT2D eigenvalue weighted by Gasteiger charge is 2.37. The van der Waals surface area contributed by atoms with Crippen molar-refractivity contribution >= 4 is 29.1 Å². The van der Waals surface area contributed by atoms with Crippen molar-refractivity contribution in [3.8, 4) is 11.1 Å². The van der Waals surface area contributed by atoms with Gasteiger partial charge in [-0.2, -0.15) is 0 Å². The van der Waals surface area contributed by atoms with Crippen molar-refractivity contribution in [3.63, 3.8) is 0 Å². The Morgan fingerprint density at radius 3 is 2.71 bits per heavy atom. The first-order chi connectivity index (χ1) is 19.6. The summed E-state index contributed by atoms with van der Waals surface area (Å²) < 4.78 is 9.16. The van der Waals surface area contributed by atoms with E-state index in [1.807, 2.05) is 24.3 Å². The molecule has 0 bridgehead atoms. The van der Waals surface area contributed by atoms with E-state index in [0.717, 1.165) is 24.0 Å². The number of aromatic nitrogens is 4. The van der Waals surface area contributed by atoms with Gasteiger partial charge in [-0.25, -0.2) is 9.97 Å². The summed E-state index contributed by atoms with van der Waals surface area (Å²) in [6.07, 6.45) is 6.64. The molecule has 10 heteroatoms. The minimum Gasteiger partial charge on any atom is -0.461 e. The SMILES string of the molecule is CC(=O)OCc1c(-c2cc(Nc3ccncn3)c(=O)n(C)c2)cccc1N1CCn2c(cc3c2CC(C)(C)C3)C1=O. The summed E-state index contributed by atoms with van der Waals surface area (Å²) in [6.45, 7) is 7.05. The third-order valence-electron chi connectivity index (χ3n) is 7.83. The molecule has 10 nitrogen and oxygen atoms in total. The molecule has 0 radical (unpaired) electrons.